The molecule has 3 fully saturated rings. The third-order valence-electron chi connectivity index (χ3n) is 6.72. The first-order chi connectivity index (χ1) is 12.9. The number of hydrogen-bond acceptors (Lipinski definition) is 3. The molecule has 4 rings (SSSR count). The van der Waals surface area contributed by atoms with Crippen molar-refractivity contribution in [3.63, 3.8) is 0 Å². The predicted molar refractivity (Wildman–Crippen MR) is 105 cm³/mol. The number of benzene rings is 1. The molecule has 1 aliphatic carbocycles. The maximum atomic E-state index is 13.0. The summed E-state index contributed by atoms with van der Waals surface area (Å²) in [5, 5.41) is 0. The number of hydrogen-bond donors (Lipinski definition) is 0. The number of sulfonamides is 1. The lowest BCUT2D eigenvalue weighted by Gasteiger charge is -2.40. The summed E-state index contributed by atoms with van der Waals surface area (Å²) in [6.07, 6.45) is 6.80. The predicted octanol–water partition coefficient (Wildman–Crippen LogP) is 3.19. The van der Waals surface area contributed by atoms with E-state index in [-0.39, 0.29) is 5.41 Å². The van der Waals surface area contributed by atoms with Crippen LogP contribution in [0.3, 0.4) is 0 Å². The number of carbonyl (C=O) groups is 1. The van der Waals surface area contributed by atoms with E-state index >= 15 is 0 Å². The quantitative estimate of drug-likeness (QED) is 0.793. The average molecular weight is 391 g/mol. The van der Waals surface area contributed by atoms with Crippen molar-refractivity contribution in [2.24, 2.45) is 11.3 Å². The maximum Gasteiger partial charge on any atom is 0.243 e. The van der Waals surface area contributed by atoms with Gasteiger partial charge in [0.1, 0.15) is 0 Å². The SMILES string of the molecule is Cc1cccc(S(=O)(=O)N2CCC3(CCC(=O)N(CC4CC4)CC3)CC2)c1. The van der Waals surface area contributed by atoms with Gasteiger partial charge in [-0.25, -0.2) is 8.42 Å². The molecule has 3 aliphatic rings. The van der Waals surface area contributed by atoms with E-state index in [1.165, 1.54) is 12.8 Å². The van der Waals surface area contributed by atoms with Crippen LogP contribution < -0.4 is 0 Å². The van der Waals surface area contributed by atoms with Gasteiger partial charge in [0.25, 0.3) is 0 Å². The molecule has 0 unspecified atom stereocenters. The molecule has 1 aromatic carbocycles. The Bertz CT molecular complexity index is 808. The zero-order valence-corrected chi connectivity index (χ0v) is 17.0. The van der Waals surface area contributed by atoms with Crippen molar-refractivity contribution in [3.05, 3.63) is 29.8 Å². The number of amides is 1. The van der Waals surface area contributed by atoms with Crippen LogP contribution in [-0.2, 0) is 14.8 Å². The van der Waals surface area contributed by atoms with Crippen LogP contribution in [0.25, 0.3) is 0 Å². The second kappa shape index (κ2) is 7.21. The summed E-state index contributed by atoms with van der Waals surface area (Å²) >= 11 is 0. The van der Waals surface area contributed by atoms with Crippen molar-refractivity contribution >= 4 is 15.9 Å². The van der Waals surface area contributed by atoms with E-state index in [4.69, 9.17) is 0 Å². The second-order valence-electron chi connectivity index (χ2n) is 8.75. The summed E-state index contributed by atoms with van der Waals surface area (Å²) < 4.78 is 27.6. The highest BCUT2D eigenvalue weighted by Crippen LogP contribution is 2.43. The first-order valence-corrected chi connectivity index (χ1v) is 11.7. The molecule has 2 heterocycles. The van der Waals surface area contributed by atoms with Crippen molar-refractivity contribution in [2.75, 3.05) is 26.2 Å². The van der Waals surface area contributed by atoms with Crippen molar-refractivity contribution in [1.82, 2.24) is 9.21 Å². The zero-order chi connectivity index (χ0) is 19.1. The highest BCUT2D eigenvalue weighted by atomic mass is 32.2. The fourth-order valence-electron chi connectivity index (χ4n) is 4.58. The van der Waals surface area contributed by atoms with E-state index in [1.807, 2.05) is 13.0 Å². The van der Waals surface area contributed by atoms with Gasteiger partial charge in [0.05, 0.1) is 4.90 Å². The average Bonchev–Trinajstić information content (AvgIpc) is 3.48. The van der Waals surface area contributed by atoms with Gasteiger partial charge >= 0.3 is 0 Å². The van der Waals surface area contributed by atoms with Crippen molar-refractivity contribution in [2.45, 2.75) is 56.8 Å². The maximum absolute atomic E-state index is 13.0. The van der Waals surface area contributed by atoms with Gasteiger partial charge in [-0.1, -0.05) is 12.1 Å². The van der Waals surface area contributed by atoms with Crippen LogP contribution in [0.2, 0.25) is 0 Å². The van der Waals surface area contributed by atoms with E-state index in [0.29, 0.717) is 30.3 Å². The van der Waals surface area contributed by atoms with Crippen molar-refractivity contribution < 1.29 is 13.2 Å². The lowest BCUT2D eigenvalue weighted by molar-refractivity contribution is -0.130. The van der Waals surface area contributed by atoms with Gasteiger partial charge in [-0.2, -0.15) is 4.31 Å². The van der Waals surface area contributed by atoms with Crippen LogP contribution >= 0.6 is 0 Å². The number of likely N-dealkylation sites (tertiary alicyclic amines) is 1. The van der Waals surface area contributed by atoms with Gasteiger partial charge in [-0.15, -0.1) is 0 Å². The largest absolute Gasteiger partial charge is 0.342 e. The fraction of sp³-hybridized carbons (Fsp3) is 0.667. The van der Waals surface area contributed by atoms with Crippen LogP contribution in [0, 0.1) is 18.3 Å². The molecule has 1 aromatic rings. The first-order valence-electron chi connectivity index (χ1n) is 10.2. The number of carbonyl (C=O) groups excluding carboxylic acids is 1. The van der Waals surface area contributed by atoms with Gasteiger partial charge in [-0.05, 0) is 74.5 Å². The van der Waals surface area contributed by atoms with Crippen LogP contribution in [0.1, 0.15) is 50.5 Å². The Labute approximate surface area is 162 Å². The Morgan fingerprint density at radius 2 is 1.78 bits per heavy atom. The molecule has 148 valence electrons. The molecule has 5 nitrogen and oxygen atoms in total. The number of aryl methyl sites for hydroxylation is 1. The molecule has 0 bridgehead atoms. The standard InChI is InChI=1S/C21H30N2O3S/c1-17-3-2-4-19(15-17)27(25,26)23-13-10-21(11-14-23)8-7-20(24)22(12-9-21)16-18-5-6-18/h2-4,15,18H,5-14,16H2,1H3. The van der Waals surface area contributed by atoms with E-state index < -0.39 is 10.0 Å². The van der Waals surface area contributed by atoms with Gasteiger partial charge in [0, 0.05) is 32.6 Å². The highest BCUT2D eigenvalue weighted by Gasteiger charge is 2.41. The highest BCUT2D eigenvalue weighted by molar-refractivity contribution is 7.89. The second-order valence-corrected chi connectivity index (χ2v) is 10.7. The molecule has 0 N–H and O–H groups in total. The topological polar surface area (TPSA) is 57.7 Å². The van der Waals surface area contributed by atoms with Crippen LogP contribution in [-0.4, -0.2) is 49.7 Å². The van der Waals surface area contributed by atoms with Crippen molar-refractivity contribution in [3.8, 4) is 0 Å². The summed E-state index contributed by atoms with van der Waals surface area (Å²) in [4.78, 5) is 14.9. The lowest BCUT2D eigenvalue weighted by atomic mass is 9.73. The van der Waals surface area contributed by atoms with E-state index in [9.17, 15) is 13.2 Å². The minimum Gasteiger partial charge on any atom is -0.342 e. The van der Waals surface area contributed by atoms with Gasteiger partial charge in [0.2, 0.25) is 15.9 Å². The van der Waals surface area contributed by atoms with Gasteiger partial charge < -0.3 is 4.90 Å². The molecular formula is C21H30N2O3S. The number of piperidine rings is 1. The van der Waals surface area contributed by atoms with E-state index in [1.54, 1.807) is 22.5 Å². The fourth-order valence-corrected chi connectivity index (χ4v) is 6.13. The Hall–Kier alpha value is -1.40. The van der Waals surface area contributed by atoms with Crippen LogP contribution in [0.4, 0.5) is 0 Å². The Morgan fingerprint density at radius 3 is 2.44 bits per heavy atom. The van der Waals surface area contributed by atoms with E-state index in [2.05, 4.69) is 4.90 Å². The Morgan fingerprint density at radius 1 is 1.07 bits per heavy atom. The molecule has 0 aromatic heterocycles. The third kappa shape index (κ3) is 4.06. The molecule has 2 saturated heterocycles. The summed E-state index contributed by atoms with van der Waals surface area (Å²) in [5.74, 6) is 1.03. The third-order valence-corrected chi connectivity index (χ3v) is 8.61. The van der Waals surface area contributed by atoms with Gasteiger partial charge in [-0.3, -0.25) is 4.79 Å². The molecule has 1 saturated carbocycles. The molecule has 6 heteroatoms. The monoisotopic (exact) mass is 390 g/mol. The minimum atomic E-state index is -3.42. The first kappa shape index (κ1) is 18.9. The molecule has 0 radical (unpaired) electrons. The number of nitrogens with zero attached hydrogens (tertiary/aromatic N) is 2. The smallest absolute Gasteiger partial charge is 0.243 e. The Balaban J connectivity index is 1.41. The summed E-state index contributed by atoms with van der Waals surface area (Å²) in [5.41, 5.74) is 1.09. The summed E-state index contributed by atoms with van der Waals surface area (Å²) in [7, 11) is -3.42. The normalized spacial score (nSPS) is 24.2. The molecule has 27 heavy (non-hydrogen) atoms. The molecule has 1 spiro atoms. The van der Waals surface area contributed by atoms with Crippen LogP contribution in [0.5, 0.6) is 0 Å². The molecule has 2 aliphatic heterocycles. The van der Waals surface area contributed by atoms with Crippen LogP contribution in [0.15, 0.2) is 29.2 Å². The van der Waals surface area contributed by atoms with E-state index in [0.717, 1.165) is 50.3 Å². The Kier molecular flexibility index (Phi) is 5.06. The molecule has 1 amide bonds. The zero-order valence-electron chi connectivity index (χ0n) is 16.2. The lowest BCUT2D eigenvalue weighted by Crippen LogP contribution is -2.43. The molecular weight excluding hydrogens is 360 g/mol. The molecule has 0 atom stereocenters. The van der Waals surface area contributed by atoms with Gasteiger partial charge in [0.15, 0.2) is 0 Å². The minimum absolute atomic E-state index is 0.132. The van der Waals surface area contributed by atoms with Crippen molar-refractivity contribution in [1.29, 1.82) is 0 Å². The summed E-state index contributed by atoms with van der Waals surface area (Å²) in [6, 6.07) is 7.16. The number of rotatable bonds is 4. The summed E-state index contributed by atoms with van der Waals surface area (Å²) in [6.45, 7) is 4.82.